The number of fused-ring (bicyclic) bond motifs is 1. The lowest BCUT2D eigenvalue weighted by Gasteiger charge is -2.24. The molecule has 1 aromatic carbocycles. The molecule has 21 heavy (non-hydrogen) atoms. The summed E-state index contributed by atoms with van der Waals surface area (Å²) in [6.07, 6.45) is 6.48. The average Bonchev–Trinajstić information content (AvgIpc) is 3.00. The van der Waals surface area contributed by atoms with Gasteiger partial charge in [-0.2, -0.15) is 0 Å². The molecule has 114 valence electrons. The first-order valence-electron chi connectivity index (χ1n) is 7.71. The first kappa shape index (κ1) is 14.0. The summed E-state index contributed by atoms with van der Waals surface area (Å²) < 4.78 is 10.7. The highest BCUT2D eigenvalue weighted by Crippen LogP contribution is 2.32. The molecule has 2 N–H and O–H groups in total. The molecule has 5 nitrogen and oxygen atoms in total. The number of benzene rings is 1. The molecule has 1 aromatic rings. The zero-order valence-corrected chi connectivity index (χ0v) is 12.5. The molecule has 1 saturated carbocycles. The van der Waals surface area contributed by atoms with Gasteiger partial charge in [-0.05, 0) is 30.5 Å². The van der Waals surface area contributed by atoms with Crippen LogP contribution in [0.25, 0.3) is 0 Å². The fourth-order valence-corrected chi connectivity index (χ4v) is 2.87. The van der Waals surface area contributed by atoms with Crippen LogP contribution in [-0.2, 0) is 6.54 Å². The van der Waals surface area contributed by atoms with E-state index in [1.54, 1.807) is 0 Å². The number of guanidine groups is 1. The van der Waals surface area contributed by atoms with Crippen molar-refractivity contribution in [3.8, 4) is 11.5 Å². The summed E-state index contributed by atoms with van der Waals surface area (Å²) in [5.74, 6) is 2.52. The van der Waals surface area contributed by atoms with Crippen LogP contribution in [0, 0.1) is 0 Å². The molecule has 0 radical (unpaired) electrons. The van der Waals surface area contributed by atoms with E-state index >= 15 is 0 Å². The third-order valence-electron chi connectivity index (χ3n) is 4.07. The Morgan fingerprint density at radius 2 is 2.00 bits per heavy atom. The number of nitrogens with one attached hydrogen (secondary N) is 2. The summed E-state index contributed by atoms with van der Waals surface area (Å²) in [6, 6.07) is 6.58. The van der Waals surface area contributed by atoms with Crippen molar-refractivity contribution >= 4 is 5.96 Å². The quantitative estimate of drug-likeness (QED) is 0.663. The summed E-state index contributed by atoms with van der Waals surface area (Å²) in [5.41, 5.74) is 1.16. The average molecular weight is 289 g/mol. The number of nitrogens with zero attached hydrogens (tertiary/aromatic N) is 1. The van der Waals surface area contributed by atoms with Gasteiger partial charge in [0.25, 0.3) is 0 Å². The van der Waals surface area contributed by atoms with Gasteiger partial charge in [0.1, 0.15) is 0 Å². The third kappa shape index (κ3) is 3.60. The Balaban J connectivity index is 1.53. The third-order valence-corrected chi connectivity index (χ3v) is 4.07. The summed E-state index contributed by atoms with van der Waals surface area (Å²) in [6.45, 7) is 1.04. The molecule has 1 aliphatic heterocycles. The van der Waals surface area contributed by atoms with Gasteiger partial charge in [-0.1, -0.05) is 25.3 Å². The normalized spacial score (nSPS) is 18.6. The minimum absolute atomic E-state index is 0.317. The van der Waals surface area contributed by atoms with Crippen molar-refractivity contribution in [2.24, 2.45) is 4.99 Å². The lowest BCUT2D eigenvalue weighted by Crippen LogP contribution is -2.43. The highest BCUT2D eigenvalue weighted by molar-refractivity contribution is 5.80. The second kappa shape index (κ2) is 6.70. The zero-order chi connectivity index (χ0) is 14.5. The van der Waals surface area contributed by atoms with Crippen LogP contribution in [0.15, 0.2) is 23.2 Å². The maximum absolute atomic E-state index is 5.40. The number of rotatable bonds is 3. The van der Waals surface area contributed by atoms with Gasteiger partial charge < -0.3 is 20.1 Å². The highest BCUT2D eigenvalue weighted by atomic mass is 16.7. The minimum Gasteiger partial charge on any atom is -0.454 e. The van der Waals surface area contributed by atoms with Crippen molar-refractivity contribution in [1.82, 2.24) is 10.6 Å². The smallest absolute Gasteiger partial charge is 0.231 e. The number of ether oxygens (including phenoxy) is 2. The fourth-order valence-electron chi connectivity index (χ4n) is 2.87. The predicted molar refractivity (Wildman–Crippen MR) is 82.8 cm³/mol. The van der Waals surface area contributed by atoms with Gasteiger partial charge in [0.2, 0.25) is 6.79 Å². The molecule has 0 bridgehead atoms. The summed E-state index contributed by atoms with van der Waals surface area (Å²) in [5, 5.41) is 6.88. The number of hydrogen-bond acceptors (Lipinski definition) is 3. The lowest BCUT2D eigenvalue weighted by atomic mass is 9.96. The summed E-state index contributed by atoms with van der Waals surface area (Å²) >= 11 is 0. The van der Waals surface area contributed by atoms with Gasteiger partial charge in [-0.3, -0.25) is 4.99 Å². The molecule has 3 rings (SSSR count). The molecule has 0 atom stereocenters. The molecule has 0 spiro atoms. The molecule has 1 fully saturated rings. The van der Waals surface area contributed by atoms with E-state index in [9.17, 15) is 0 Å². The van der Waals surface area contributed by atoms with Crippen molar-refractivity contribution in [2.75, 3.05) is 13.8 Å². The Morgan fingerprint density at radius 1 is 1.19 bits per heavy atom. The van der Waals surface area contributed by atoms with Gasteiger partial charge in [-0.15, -0.1) is 0 Å². The molecule has 1 heterocycles. The molecule has 0 aromatic heterocycles. The van der Waals surface area contributed by atoms with Crippen molar-refractivity contribution in [3.05, 3.63) is 23.8 Å². The highest BCUT2D eigenvalue weighted by Gasteiger charge is 2.15. The maximum atomic E-state index is 5.40. The van der Waals surface area contributed by atoms with Crippen molar-refractivity contribution in [1.29, 1.82) is 0 Å². The van der Waals surface area contributed by atoms with Crippen LogP contribution in [0.1, 0.15) is 37.7 Å². The Morgan fingerprint density at radius 3 is 2.81 bits per heavy atom. The molecule has 0 unspecified atom stereocenters. The first-order chi connectivity index (χ1) is 10.3. The van der Waals surface area contributed by atoms with E-state index in [-0.39, 0.29) is 0 Å². The van der Waals surface area contributed by atoms with Crippen LogP contribution in [0.2, 0.25) is 0 Å². The Bertz CT molecular complexity index is 510. The molecular formula is C16H23N3O2. The maximum Gasteiger partial charge on any atom is 0.231 e. The predicted octanol–water partition coefficient (Wildman–Crippen LogP) is 2.41. The van der Waals surface area contributed by atoms with Crippen molar-refractivity contribution in [2.45, 2.75) is 44.7 Å². The van der Waals surface area contributed by atoms with Gasteiger partial charge in [-0.25, -0.2) is 0 Å². The number of hydrogen-bond donors (Lipinski definition) is 2. The van der Waals surface area contributed by atoms with Crippen LogP contribution >= 0.6 is 0 Å². The Kier molecular flexibility index (Phi) is 4.48. The van der Waals surface area contributed by atoms with Crippen molar-refractivity contribution < 1.29 is 9.47 Å². The number of aliphatic imine (C=N–C) groups is 1. The van der Waals surface area contributed by atoms with Gasteiger partial charge >= 0.3 is 0 Å². The Hall–Kier alpha value is -1.91. The van der Waals surface area contributed by atoms with Crippen molar-refractivity contribution in [3.63, 3.8) is 0 Å². The van der Waals surface area contributed by atoms with E-state index in [1.165, 1.54) is 32.1 Å². The van der Waals surface area contributed by atoms with E-state index in [0.29, 0.717) is 12.8 Å². The van der Waals surface area contributed by atoms with E-state index < -0.39 is 0 Å². The lowest BCUT2D eigenvalue weighted by molar-refractivity contribution is 0.174. The first-order valence-corrected chi connectivity index (χ1v) is 7.71. The summed E-state index contributed by atoms with van der Waals surface area (Å²) in [4.78, 5) is 4.31. The van der Waals surface area contributed by atoms with Crippen LogP contribution in [-0.4, -0.2) is 25.8 Å². The molecule has 0 saturated heterocycles. The van der Waals surface area contributed by atoms with Crippen LogP contribution in [0.5, 0.6) is 11.5 Å². The molecule has 2 aliphatic rings. The van der Waals surface area contributed by atoms with Crippen LogP contribution in [0.4, 0.5) is 0 Å². The molecule has 1 aliphatic carbocycles. The second-order valence-corrected chi connectivity index (χ2v) is 5.59. The van der Waals surface area contributed by atoms with Gasteiger partial charge in [0, 0.05) is 19.6 Å². The second-order valence-electron chi connectivity index (χ2n) is 5.59. The van der Waals surface area contributed by atoms with E-state index in [4.69, 9.17) is 9.47 Å². The molecule has 5 heteroatoms. The molecular weight excluding hydrogens is 266 g/mol. The zero-order valence-electron chi connectivity index (χ0n) is 12.5. The molecule has 0 amide bonds. The monoisotopic (exact) mass is 289 g/mol. The van der Waals surface area contributed by atoms with Gasteiger partial charge in [0.05, 0.1) is 0 Å². The van der Waals surface area contributed by atoms with Gasteiger partial charge in [0.15, 0.2) is 17.5 Å². The van der Waals surface area contributed by atoms with Crippen LogP contribution in [0.3, 0.4) is 0 Å². The van der Waals surface area contributed by atoms with E-state index in [0.717, 1.165) is 29.6 Å². The topological polar surface area (TPSA) is 54.9 Å². The van der Waals surface area contributed by atoms with Crippen LogP contribution < -0.4 is 20.1 Å². The van der Waals surface area contributed by atoms with E-state index in [2.05, 4.69) is 21.7 Å². The Labute approximate surface area is 125 Å². The SMILES string of the molecule is CN=C(NCc1ccc2c(c1)OCO2)NC1CCCCC1. The largest absolute Gasteiger partial charge is 0.454 e. The van der Waals surface area contributed by atoms with E-state index in [1.807, 2.05) is 19.2 Å². The standard InChI is InChI=1S/C16H23N3O2/c1-17-16(19-13-5-3-2-4-6-13)18-10-12-7-8-14-15(9-12)21-11-20-14/h7-9,13H,2-6,10-11H2,1H3,(H2,17,18,19). The minimum atomic E-state index is 0.317. The summed E-state index contributed by atoms with van der Waals surface area (Å²) in [7, 11) is 1.82. The fraction of sp³-hybridized carbons (Fsp3) is 0.562.